The monoisotopic (exact) mass is 662 g/mol. The Labute approximate surface area is 286 Å². The molecule has 7 aromatic rings. The first kappa shape index (κ1) is 32.0. The first-order chi connectivity index (χ1) is 24.4. The maximum absolute atomic E-state index is 13.1. The molecule has 7 rings (SSSR count). The topological polar surface area (TPSA) is 113 Å². The van der Waals surface area contributed by atoms with E-state index in [1.165, 1.54) is 0 Å². The van der Waals surface area contributed by atoms with E-state index >= 15 is 0 Å². The average Bonchev–Trinajstić information content (AvgIpc) is 3.81. The number of carbonyl (C=O) groups is 4. The molecule has 2 aromatic heterocycles. The molecule has 0 atom stereocenters. The first-order valence-corrected chi connectivity index (χ1v) is 16.1. The Hall–Kier alpha value is -6.54. The standard InChI is InChI=1S/C42H30O8/c1-3-47-41(45)35-21-37(29-9-5-25(23-43)6-10-29)49-39(35)31-17-15-27-13-14-28-16-18-32(20-34(28)33(27)19-31)40-36(42(46)48-4-2)22-38(50-40)30-11-7-26(24-44)8-12-30/h5-24H,3-4H2,1-2H3. The number of ether oxygens (including phenoxy) is 2. The van der Waals surface area contributed by atoms with Gasteiger partial charge in [0.05, 0.1) is 13.2 Å². The zero-order valence-electron chi connectivity index (χ0n) is 27.2. The summed E-state index contributed by atoms with van der Waals surface area (Å²) in [5.41, 5.74) is 4.37. The van der Waals surface area contributed by atoms with E-state index in [1.54, 1.807) is 74.5 Å². The molecule has 0 aliphatic heterocycles. The second-order valence-corrected chi connectivity index (χ2v) is 11.6. The summed E-state index contributed by atoms with van der Waals surface area (Å²) in [5.74, 6) is 0.609. The zero-order valence-corrected chi connectivity index (χ0v) is 27.2. The molecule has 0 amide bonds. The summed E-state index contributed by atoms with van der Waals surface area (Å²) in [6, 6.07) is 32.8. The fourth-order valence-corrected chi connectivity index (χ4v) is 6.00. The molecular weight excluding hydrogens is 632 g/mol. The van der Waals surface area contributed by atoms with Gasteiger partial charge in [0.25, 0.3) is 0 Å². The third-order valence-electron chi connectivity index (χ3n) is 8.48. The normalized spacial score (nSPS) is 11.1. The van der Waals surface area contributed by atoms with Crippen molar-refractivity contribution in [3.63, 3.8) is 0 Å². The molecule has 2 heterocycles. The molecule has 0 bridgehead atoms. The highest BCUT2D eigenvalue weighted by Crippen LogP contribution is 2.39. The second-order valence-electron chi connectivity index (χ2n) is 11.6. The van der Waals surface area contributed by atoms with Crippen molar-refractivity contribution in [3.05, 3.63) is 131 Å². The first-order valence-electron chi connectivity index (χ1n) is 16.1. The molecule has 0 fully saturated rings. The summed E-state index contributed by atoms with van der Waals surface area (Å²) in [7, 11) is 0. The van der Waals surface area contributed by atoms with Gasteiger partial charge in [-0.3, -0.25) is 9.59 Å². The molecule has 246 valence electrons. The predicted octanol–water partition coefficient (Wildman–Crippen LogP) is 9.83. The van der Waals surface area contributed by atoms with Crippen LogP contribution in [0, 0.1) is 0 Å². The van der Waals surface area contributed by atoms with Crippen molar-refractivity contribution >= 4 is 46.1 Å². The van der Waals surface area contributed by atoms with Crippen molar-refractivity contribution in [1.82, 2.24) is 0 Å². The van der Waals surface area contributed by atoms with Crippen LogP contribution in [-0.4, -0.2) is 37.7 Å². The number of hydrogen-bond acceptors (Lipinski definition) is 8. The van der Waals surface area contributed by atoms with E-state index in [0.717, 1.165) is 34.1 Å². The van der Waals surface area contributed by atoms with Crippen LogP contribution >= 0.6 is 0 Å². The predicted molar refractivity (Wildman–Crippen MR) is 190 cm³/mol. The van der Waals surface area contributed by atoms with Gasteiger partial charge in [-0.2, -0.15) is 0 Å². The Kier molecular flexibility index (Phi) is 8.66. The maximum atomic E-state index is 13.1. The average molecular weight is 663 g/mol. The number of benzene rings is 5. The van der Waals surface area contributed by atoms with E-state index in [2.05, 4.69) is 0 Å². The van der Waals surface area contributed by atoms with Gasteiger partial charge in [0.1, 0.15) is 46.7 Å². The van der Waals surface area contributed by atoms with Crippen LogP contribution in [-0.2, 0) is 9.47 Å². The molecule has 0 aliphatic carbocycles. The lowest BCUT2D eigenvalue weighted by molar-refractivity contribution is 0.0517. The summed E-state index contributed by atoms with van der Waals surface area (Å²) in [5, 5.41) is 3.68. The van der Waals surface area contributed by atoms with Crippen LogP contribution in [0.3, 0.4) is 0 Å². The minimum Gasteiger partial charge on any atom is -0.462 e. The van der Waals surface area contributed by atoms with E-state index in [4.69, 9.17) is 18.3 Å². The van der Waals surface area contributed by atoms with Gasteiger partial charge < -0.3 is 18.3 Å². The summed E-state index contributed by atoms with van der Waals surface area (Å²) in [4.78, 5) is 48.7. The minimum atomic E-state index is -0.511. The van der Waals surface area contributed by atoms with E-state index in [0.29, 0.717) is 56.4 Å². The molecule has 5 aromatic carbocycles. The van der Waals surface area contributed by atoms with E-state index < -0.39 is 11.9 Å². The molecule has 8 nitrogen and oxygen atoms in total. The Morgan fingerprint density at radius 3 is 1.24 bits per heavy atom. The Morgan fingerprint density at radius 1 is 0.520 bits per heavy atom. The summed E-state index contributed by atoms with van der Waals surface area (Å²) in [6.07, 6.45) is 1.53. The van der Waals surface area contributed by atoms with Crippen molar-refractivity contribution in [3.8, 4) is 45.3 Å². The number of furan rings is 2. The van der Waals surface area contributed by atoms with Crippen molar-refractivity contribution in [1.29, 1.82) is 0 Å². The summed E-state index contributed by atoms with van der Waals surface area (Å²) in [6.45, 7) is 3.89. The van der Waals surface area contributed by atoms with Crippen LogP contribution < -0.4 is 0 Å². The van der Waals surface area contributed by atoms with Crippen LogP contribution in [0.25, 0.3) is 66.8 Å². The molecule has 0 unspecified atom stereocenters. The van der Waals surface area contributed by atoms with Crippen LogP contribution in [0.15, 0.2) is 118 Å². The van der Waals surface area contributed by atoms with E-state index in [9.17, 15) is 19.2 Å². The van der Waals surface area contributed by atoms with Crippen LogP contribution in [0.2, 0.25) is 0 Å². The smallest absolute Gasteiger partial charge is 0.342 e. The van der Waals surface area contributed by atoms with Gasteiger partial charge in [-0.1, -0.05) is 84.9 Å². The maximum Gasteiger partial charge on any atom is 0.342 e. The molecule has 8 heteroatoms. The quantitative estimate of drug-likeness (QED) is 0.0808. The molecule has 0 spiro atoms. The highest BCUT2D eigenvalue weighted by atomic mass is 16.5. The lowest BCUT2D eigenvalue weighted by Crippen LogP contribution is -2.04. The van der Waals surface area contributed by atoms with Gasteiger partial charge in [0.15, 0.2) is 0 Å². The Balaban J connectivity index is 1.37. The number of aldehydes is 2. The second kappa shape index (κ2) is 13.5. The van der Waals surface area contributed by atoms with Gasteiger partial charge >= 0.3 is 11.9 Å². The number of fused-ring (bicyclic) bond motifs is 3. The molecule has 0 aliphatic rings. The largest absolute Gasteiger partial charge is 0.462 e. The van der Waals surface area contributed by atoms with Crippen molar-refractivity contribution in [2.45, 2.75) is 13.8 Å². The third kappa shape index (κ3) is 5.99. The molecule has 0 N–H and O–H groups in total. The number of rotatable bonds is 10. The molecule has 0 saturated heterocycles. The zero-order chi connectivity index (χ0) is 34.8. The van der Waals surface area contributed by atoms with Gasteiger partial charge in [-0.25, -0.2) is 9.59 Å². The molecule has 50 heavy (non-hydrogen) atoms. The third-order valence-corrected chi connectivity index (χ3v) is 8.48. The van der Waals surface area contributed by atoms with E-state index in [-0.39, 0.29) is 24.3 Å². The summed E-state index contributed by atoms with van der Waals surface area (Å²) >= 11 is 0. The van der Waals surface area contributed by atoms with Gasteiger partial charge in [-0.05, 0) is 59.7 Å². The molecule has 0 saturated carbocycles. The van der Waals surface area contributed by atoms with Crippen molar-refractivity contribution < 1.29 is 37.5 Å². The number of esters is 2. The summed E-state index contributed by atoms with van der Waals surface area (Å²) < 4.78 is 23.4. The minimum absolute atomic E-state index is 0.199. The number of carbonyl (C=O) groups excluding carboxylic acids is 4. The molecule has 0 radical (unpaired) electrons. The fraction of sp³-hybridized carbons (Fsp3) is 0.0952. The van der Waals surface area contributed by atoms with Gasteiger partial charge in [0, 0.05) is 33.4 Å². The van der Waals surface area contributed by atoms with Gasteiger partial charge in [0.2, 0.25) is 0 Å². The molecular formula is C42H30O8. The lowest BCUT2D eigenvalue weighted by Gasteiger charge is -2.09. The van der Waals surface area contributed by atoms with Gasteiger partial charge in [-0.15, -0.1) is 0 Å². The highest BCUT2D eigenvalue weighted by Gasteiger charge is 2.24. The lowest BCUT2D eigenvalue weighted by atomic mass is 9.96. The highest BCUT2D eigenvalue weighted by molar-refractivity contribution is 6.11. The van der Waals surface area contributed by atoms with Crippen LogP contribution in [0.1, 0.15) is 55.3 Å². The van der Waals surface area contributed by atoms with Crippen LogP contribution in [0.5, 0.6) is 0 Å². The fourth-order valence-electron chi connectivity index (χ4n) is 6.00. The van der Waals surface area contributed by atoms with Crippen molar-refractivity contribution in [2.75, 3.05) is 13.2 Å². The Morgan fingerprint density at radius 2 is 0.880 bits per heavy atom. The number of hydrogen-bond donors (Lipinski definition) is 0. The van der Waals surface area contributed by atoms with Crippen LogP contribution in [0.4, 0.5) is 0 Å². The van der Waals surface area contributed by atoms with Crippen molar-refractivity contribution in [2.24, 2.45) is 0 Å². The van der Waals surface area contributed by atoms with E-state index in [1.807, 2.05) is 48.5 Å². The SMILES string of the molecule is CCOC(=O)c1cc(-c2ccc(C=O)cc2)oc1-c1ccc2ccc3ccc(-c4oc(-c5ccc(C=O)cc5)cc4C(=O)OCC)cc3c2c1. The Bertz CT molecular complexity index is 2240.